The molecule has 1 heterocycles. The van der Waals surface area contributed by atoms with Gasteiger partial charge in [0.05, 0.1) is 11.1 Å². The standard InChI is InChI=1S/C14H17N3O2/c1-14(8-3-2-4-9-14)17-12-10(13(18)19)6-5-7-11(12)15-16-17/h5-7H,2-4,8-9H2,1H3,(H,18,19). The third-order valence-corrected chi connectivity index (χ3v) is 4.14. The summed E-state index contributed by atoms with van der Waals surface area (Å²) in [4.78, 5) is 11.4. The molecule has 0 aliphatic heterocycles. The van der Waals surface area contributed by atoms with E-state index in [0.29, 0.717) is 11.0 Å². The number of carboxylic acids is 1. The summed E-state index contributed by atoms with van der Waals surface area (Å²) in [7, 11) is 0. The molecule has 1 N–H and O–H groups in total. The minimum absolute atomic E-state index is 0.113. The molecule has 0 saturated heterocycles. The van der Waals surface area contributed by atoms with Crippen molar-refractivity contribution in [1.29, 1.82) is 0 Å². The lowest BCUT2D eigenvalue weighted by molar-refractivity contribution is 0.0698. The van der Waals surface area contributed by atoms with Crippen molar-refractivity contribution in [3.05, 3.63) is 23.8 Å². The first-order valence-electron chi connectivity index (χ1n) is 6.70. The maximum Gasteiger partial charge on any atom is 0.337 e. The summed E-state index contributed by atoms with van der Waals surface area (Å²) in [5, 5.41) is 17.7. The second-order valence-corrected chi connectivity index (χ2v) is 5.54. The van der Waals surface area contributed by atoms with Crippen molar-refractivity contribution >= 4 is 17.0 Å². The quantitative estimate of drug-likeness (QED) is 0.900. The Kier molecular flexibility index (Phi) is 2.77. The first-order valence-corrected chi connectivity index (χ1v) is 6.70. The van der Waals surface area contributed by atoms with Crippen LogP contribution in [0.4, 0.5) is 0 Å². The van der Waals surface area contributed by atoms with Crippen LogP contribution in [0.5, 0.6) is 0 Å². The number of rotatable bonds is 2. The second kappa shape index (κ2) is 4.33. The number of hydrogen-bond donors (Lipinski definition) is 1. The van der Waals surface area contributed by atoms with Crippen molar-refractivity contribution in [2.75, 3.05) is 0 Å². The van der Waals surface area contributed by atoms with E-state index in [1.54, 1.807) is 12.1 Å². The average molecular weight is 259 g/mol. The van der Waals surface area contributed by atoms with Gasteiger partial charge < -0.3 is 5.11 Å². The van der Waals surface area contributed by atoms with Crippen LogP contribution in [0, 0.1) is 0 Å². The van der Waals surface area contributed by atoms with Gasteiger partial charge in [0.2, 0.25) is 0 Å². The van der Waals surface area contributed by atoms with E-state index in [9.17, 15) is 9.90 Å². The Morgan fingerprint density at radius 2 is 2.05 bits per heavy atom. The van der Waals surface area contributed by atoms with Crippen LogP contribution in [0.1, 0.15) is 49.4 Å². The fraction of sp³-hybridized carbons (Fsp3) is 0.500. The van der Waals surface area contributed by atoms with E-state index >= 15 is 0 Å². The Bertz CT molecular complexity index is 627. The van der Waals surface area contributed by atoms with Gasteiger partial charge in [0.25, 0.3) is 0 Å². The molecular weight excluding hydrogens is 242 g/mol. The molecule has 5 nitrogen and oxygen atoms in total. The molecule has 5 heteroatoms. The third kappa shape index (κ3) is 1.89. The lowest BCUT2D eigenvalue weighted by atomic mass is 9.83. The van der Waals surface area contributed by atoms with Crippen LogP contribution in [0.25, 0.3) is 11.0 Å². The summed E-state index contributed by atoms with van der Waals surface area (Å²) >= 11 is 0. The predicted octanol–water partition coefficient (Wildman–Crippen LogP) is 2.81. The molecule has 100 valence electrons. The van der Waals surface area contributed by atoms with Crippen LogP contribution < -0.4 is 0 Å². The molecule has 0 radical (unpaired) electrons. The van der Waals surface area contributed by atoms with Gasteiger partial charge in [-0.05, 0) is 31.9 Å². The minimum atomic E-state index is -0.923. The van der Waals surface area contributed by atoms with Gasteiger partial charge in [-0.15, -0.1) is 5.10 Å². The van der Waals surface area contributed by atoms with Gasteiger partial charge >= 0.3 is 5.97 Å². The van der Waals surface area contributed by atoms with Crippen LogP contribution in [-0.2, 0) is 5.54 Å². The highest BCUT2D eigenvalue weighted by Gasteiger charge is 2.32. The van der Waals surface area contributed by atoms with E-state index in [0.717, 1.165) is 25.7 Å². The van der Waals surface area contributed by atoms with Crippen molar-refractivity contribution < 1.29 is 9.90 Å². The number of aromatic carboxylic acids is 1. The van der Waals surface area contributed by atoms with Gasteiger partial charge in [0.15, 0.2) is 0 Å². The van der Waals surface area contributed by atoms with Crippen LogP contribution in [-0.4, -0.2) is 26.1 Å². The first kappa shape index (κ1) is 12.1. The number of benzene rings is 1. The van der Waals surface area contributed by atoms with Crippen LogP contribution in [0.15, 0.2) is 18.2 Å². The Labute approximate surface area is 111 Å². The molecule has 0 amide bonds. The molecule has 19 heavy (non-hydrogen) atoms. The Balaban J connectivity index is 2.21. The van der Waals surface area contributed by atoms with Gasteiger partial charge in [-0.1, -0.05) is 30.5 Å². The number of hydrogen-bond acceptors (Lipinski definition) is 3. The largest absolute Gasteiger partial charge is 0.478 e. The van der Waals surface area contributed by atoms with Crippen molar-refractivity contribution in [3.63, 3.8) is 0 Å². The van der Waals surface area contributed by atoms with Crippen molar-refractivity contribution in [3.8, 4) is 0 Å². The SMILES string of the molecule is CC1(n2nnc3cccc(C(=O)O)c32)CCCCC1. The van der Waals surface area contributed by atoms with Gasteiger partial charge in [-0.2, -0.15) is 0 Å². The molecular formula is C14H17N3O2. The molecule has 1 aliphatic rings. The topological polar surface area (TPSA) is 68.0 Å². The molecule has 1 fully saturated rings. The van der Waals surface area contributed by atoms with Gasteiger partial charge in [0.1, 0.15) is 11.0 Å². The zero-order chi connectivity index (χ0) is 13.5. The highest BCUT2D eigenvalue weighted by Crippen LogP contribution is 2.36. The Morgan fingerprint density at radius 3 is 2.74 bits per heavy atom. The lowest BCUT2D eigenvalue weighted by Gasteiger charge is -2.34. The maximum atomic E-state index is 11.4. The summed E-state index contributed by atoms with van der Waals surface area (Å²) < 4.78 is 1.84. The fourth-order valence-electron chi connectivity index (χ4n) is 3.05. The van der Waals surface area contributed by atoms with E-state index in [1.807, 2.05) is 10.7 Å². The van der Waals surface area contributed by atoms with Crippen LogP contribution >= 0.6 is 0 Å². The number of fused-ring (bicyclic) bond motifs is 1. The molecule has 1 aromatic carbocycles. The summed E-state index contributed by atoms with van der Waals surface area (Å²) in [5.41, 5.74) is 1.49. The van der Waals surface area contributed by atoms with Crippen LogP contribution in [0.3, 0.4) is 0 Å². The molecule has 0 spiro atoms. The monoisotopic (exact) mass is 259 g/mol. The lowest BCUT2D eigenvalue weighted by Crippen LogP contribution is -2.33. The summed E-state index contributed by atoms with van der Waals surface area (Å²) in [5.74, 6) is -0.923. The highest BCUT2D eigenvalue weighted by molar-refractivity contribution is 6.00. The smallest absolute Gasteiger partial charge is 0.337 e. The molecule has 0 atom stereocenters. The number of aromatic nitrogens is 3. The van der Waals surface area contributed by atoms with E-state index in [2.05, 4.69) is 17.2 Å². The van der Waals surface area contributed by atoms with Crippen molar-refractivity contribution in [2.24, 2.45) is 0 Å². The predicted molar refractivity (Wildman–Crippen MR) is 71.2 cm³/mol. The summed E-state index contributed by atoms with van der Waals surface area (Å²) in [6, 6.07) is 5.15. The maximum absolute atomic E-state index is 11.4. The minimum Gasteiger partial charge on any atom is -0.478 e. The Hall–Kier alpha value is -1.91. The van der Waals surface area contributed by atoms with Crippen LogP contribution in [0.2, 0.25) is 0 Å². The van der Waals surface area contributed by atoms with E-state index < -0.39 is 5.97 Å². The molecule has 0 unspecified atom stereocenters. The number of nitrogens with zero attached hydrogens (tertiary/aromatic N) is 3. The van der Waals surface area contributed by atoms with E-state index in [1.165, 1.54) is 6.42 Å². The van der Waals surface area contributed by atoms with Crippen molar-refractivity contribution in [1.82, 2.24) is 15.0 Å². The average Bonchev–Trinajstić information content (AvgIpc) is 2.83. The summed E-state index contributed by atoms with van der Waals surface area (Å²) in [6.07, 6.45) is 5.62. The second-order valence-electron chi connectivity index (χ2n) is 5.54. The number of carboxylic acid groups (broad SMARTS) is 1. The van der Waals surface area contributed by atoms with E-state index in [4.69, 9.17) is 0 Å². The number of carbonyl (C=O) groups is 1. The fourth-order valence-corrected chi connectivity index (χ4v) is 3.05. The summed E-state index contributed by atoms with van der Waals surface area (Å²) in [6.45, 7) is 2.15. The Morgan fingerprint density at radius 1 is 1.32 bits per heavy atom. The zero-order valence-corrected chi connectivity index (χ0v) is 11.0. The molecule has 1 aliphatic carbocycles. The van der Waals surface area contributed by atoms with E-state index in [-0.39, 0.29) is 11.1 Å². The molecule has 1 saturated carbocycles. The molecule has 3 rings (SSSR count). The molecule has 1 aromatic heterocycles. The first-order chi connectivity index (χ1) is 9.12. The zero-order valence-electron chi connectivity index (χ0n) is 11.0. The van der Waals surface area contributed by atoms with Crippen molar-refractivity contribution in [2.45, 2.75) is 44.6 Å². The number of para-hydroxylation sites is 1. The van der Waals surface area contributed by atoms with Gasteiger partial charge in [-0.3, -0.25) is 0 Å². The molecule has 2 aromatic rings. The molecule has 0 bridgehead atoms. The normalized spacial score (nSPS) is 18.6. The van der Waals surface area contributed by atoms with Gasteiger partial charge in [-0.25, -0.2) is 9.48 Å². The third-order valence-electron chi connectivity index (χ3n) is 4.14. The van der Waals surface area contributed by atoms with Gasteiger partial charge in [0, 0.05) is 0 Å². The highest BCUT2D eigenvalue weighted by atomic mass is 16.4.